The molecule has 0 radical (unpaired) electrons. The van der Waals surface area contributed by atoms with Gasteiger partial charge < -0.3 is 35.0 Å². The Morgan fingerprint density at radius 1 is 0.957 bits per heavy atom. The molecule has 2 aromatic rings. The SMILES string of the molecule is COc1cc([C@@H]2Oc3c(O)c(O)cc(O)c3C=C2O)ccc1O. The van der Waals surface area contributed by atoms with Crippen molar-refractivity contribution >= 4 is 6.08 Å². The molecule has 0 fully saturated rings. The molecule has 0 amide bonds. The van der Waals surface area contributed by atoms with Crippen LogP contribution in [0.4, 0.5) is 0 Å². The summed E-state index contributed by atoms with van der Waals surface area (Å²) in [6, 6.07) is 5.30. The van der Waals surface area contributed by atoms with E-state index in [0.29, 0.717) is 5.56 Å². The van der Waals surface area contributed by atoms with Gasteiger partial charge >= 0.3 is 0 Å². The predicted octanol–water partition coefficient (Wildman–Crippen LogP) is 2.55. The van der Waals surface area contributed by atoms with Gasteiger partial charge in [0.2, 0.25) is 5.75 Å². The average molecular weight is 318 g/mol. The molecular formula is C16H14O7. The van der Waals surface area contributed by atoms with Crippen molar-refractivity contribution in [2.75, 3.05) is 7.11 Å². The standard InChI is InChI=1S/C16H14O7/c1-22-13-4-7(2-3-9(13)17)15-12(20)5-8-10(18)6-11(19)14(21)16(8)23-15/h2-6,15,17-21H,1H3/t15-/m0/s1. The Bertz CT molecular complexity index is 811. The minimum Gasteiger partial charge on any atom is -0.508 e. The third-order valence-electron chi connectivity index (χ3n) is 3.55. The molecule has 120 valence electrons. The molecule has 5 N–H and O–H groups in total. The number of methoxy groups -OCH3 is 1. The number of hydrogen-bond donors (Lipinski definition) is 5. The monoisotopic (exact) mass is 318 g/mol. The van der Waals surface area contributed by atoms with Gasteiger partial charge in [0.15, 0.2) is 29.1 Å². The maximum Gasteiger partial charge on any atom is 0.201 e. The molecule has 0 saturated carbocycles. The van der Waals surface area contributed by atoms with Crippen LogP contribution in [-0.2, 0) is 0 Å². The van der Waals surface area contributed by atoms with Crippen molar-refractivity contribution in [3.05, 3.63) is 41.2 Å². The first kappa shape index (κ1) is 14.7. The van der Waals surface area contributed by atoms with Crippen LogP contribution in [0.2, 0.25) is 0 Å². The molecule has 23 heavy (non-hydrogen) atoms. The van der Waals surface area contributed by atoms with Gasteiger partial charge in [-0.25, -0.2) is 0 Å². The van der Waals surface area contributed by atoms with Gasteiger partial charge in [0.1, 0.15) is 11.5 Å². The molecule has 0 bridgehead atoms. The van der Waals surface area contributed by atoms with E-state index in [2.05, 4.69) is 0 Å². The minimum atomic E-state index is -0.996. The number of phenols is 4. The largest absolute Gasteiger partial charge is 0.508 e. The summed E-state index contributed by atoms with van der Waals surface area (Å²) in [5, 5.41) is 49.1. The third-order valence-corrected chi connectivity index (χ3v) is 3.55. The molecule has 1 atom stereocenters. The van der Waals surface area contributed by atoms with Crippen molar-refractivity contribution in [1.29, 1.82) is 0 Å². The molecule has 0 aliphatic carbocycles. The zero-order chi connectivity index (χ0) is 16.7. The number of phenolic OH excluding ortho intramolecular Hbond substituents is 4. The van der Waals surface area contributed by atoms with Crippen LogP contribution in [0, 0.1) is 0 Å². The van der Waals surface area contributed by atoms with Crippen LogP contribution in [0.15, 0.2) is 30.0 Å². The number of benzene rings is 2. The molecule has 0 aromatic heterocycles. The van der Waals surface area contributed by atoms with Gasteiger partial charge in [-0.2, -0.15) is 0 Å². The molecule has 7 nitrogen and oxygen atoms in total. The highest BCUT2D eigenvalue weighted by Gasteiger charge is 2.30. The summed E-state index contributed by atoms with van der Waals surface area (Å²) < 4.78 is 10.5. The van der Waals surface area contributed by atoms with Gasteiger partial charge in [-0.1, -0.05) is 6.07 Å². The fourth-order valence-electron chi connectivity index (χ4n) is 2.39. The van der Waals surface area contributed by atoms with Crippen LogP contribution in [-0.4, -0.2) is 32.6 Å². The van der Waals surface area contributed by atoms with Crippen molar-refractivity contribution in [1.82, 2.24) is 0 Å². The maximum atomic E-state index is 10.2. The van der Waals surface area contributed by atoms with E-state index in [0.717, 1.165) is 6.07 Å². The minimum absolute atomic E-state index is 0.0554. The summed E-state index contributed by atoms with van der Waals surface area (Å²) in [7, 11) is 1.38. The van der Waals surface area contributed by atoms with Crippen LogP contribution < -0.4 is 9.47 Å². The Balaban J connectivity index is 2.09. The fourth-order valence-corrected chi connectivity index (χ4v) is 2.39. The van der Waals surface area contributed by atoms with Gasteiger partial charge in [0.05, 0.1) is 12.7 Å². The van der Waals surface area contributed by atoms with E-state index < -0.39 is 17.6 Å². The van der Waals surface area contributed by atoms with Crippen molar-refractivity contribution in [3.8, 4) is 34.5 Å². The highest BCUT2D eigenvalue weighted by Crippen LogP contribution is 2.49. The number of fused-ring (bicyclic) bond motifs is 1. The number of aliphatic hydroxyl groups is 1. The lowest BCUT2D eigenvalue weighted by Gasteiger charge is -2.26. The van der Waals surface area contributed by atoms with E-state index in [4.69, 9.17) is 9.47 Å². The zero-order valence-electron chi connectivity index (χ0n) is 12.0. The van der Waals surface area contributed by atoms with E-state index in [1.54, 1.807) is 0 Å². The Morgan fingerprint density at radius 3 is 2.39 bits per heavy atom. The molecule has 0 unspecified atom stereocenters. The Morgan fingerprint density at radius 2 is 1.70 bits per heavy atom. The fraction of sp³-hybridized carbons (Fsp3) is 0.125. The first-order valence-corrected chi connectivity index (χ1v) is 6.64. The number of rotatable bonds is 2. The summed E-state index contributed by atoms with van der Waals surface area (Å²) in [4.78, 5) is 0. The second kappa shape index (κ2) is 5.20. The first-order chi connectivity index (χ1) is 10.9. The van der Waals surface area contributed by atoms with Gasteiger partial charge in [0, 0.05) is 11.6 Å². The Kier molecular flexibility index (Phi) is 3.33. The molecule has 0 spiro atoms. The van der Waals surface area contributed by atoms with Gasteiger partial charge in [-0.05, 0) is 18.2 Å². The highest BCUT2D eigenvalue weighted by atomic mass is 16.5. The van der Waals surface area contributed by atoms with Crippen molar-refractivity contribution < 1.29 is 35.0 Å². The summed E-state index contributed by atoms with van der Waals surface area (Å²) >= 11 is 0. The highest BCUT2D eigenvalue weighted by molar-refractivity contribution is 5.74. The topological polar surface area (TPSA) is 120 Å². The summed E-state index contributed by atoms with van der Waals surface area (Å²) in [6.07, 6.45) is 0.237. The summed E-state index contributed by atoms with van der Waals surface area (Å²) in [6.45, 7) is 0. The van der Waals surface area contributed by atoms with Crippen LogP contribution in [0.25, 0.3) is 6.08 Å². The van der Waals surface area contributed by atoms with Gasteiger partial charge in [-0.15, -0.1) is 0 Å². The van der Waals surface area contributed by atoms with Crippen LogP contribution in [0.1, 0.15) is 17.2 Å². The number of ether oxygens (including phenoxy) is 2. The molecule has 2 aromatic carbocycles. The molecule has 1 aliphatic rings. The van der Waals surface area contributed by atoms with E-state index in [-0.39, 0.29) is 34.3 Å². The Hall–Kier alpha value is -3.22. The normalized spacial score (nSPS) is 16.2. The van der Waals surface area contributed by atoms with E-state index in [9.17, 15) is 25.5 Å². The summed E-state index contributed by atoms with van der Waals surface area (Å²) in [5.74, 6) is -1.69. The smallest absolute Gasteiger partial charge is 0.201 e. The summed E-state index contributed by atoms with van der Waals surface area (Å²) in [5.41, 5.74) is 0.501. The number of aromatic hydroxyl groups is 4. The van der Waals surface area contributed by atoms with Crippen LogP contribution >= 0.6 is 0 Å². The zero-order valence-corrected chi connectivity index (χ0v) is 12.0. The lowest BCUT2D eigenvalue weighted by Crippen LogP contribution is -2.15. The molecule has 0 saturated heterocycles. The predicted molar refractivity (Wildman–Crippen MR) is 80.1 cm³/mol. The number of hydrogen-bond acceptors (Lipinski definition) is 7. The van der Waals surface area contributed by atoms with E-state index in [1.807, 2.05) is 0 Å². The average Bonchev–Trinajstić information content (AvgIpc) is 2.53. The van der Waals surface area contributed by atoms with Crippen LogP contribution in [0.5, 0.6) is 34.5 Å². The van der Waals surface area contributed by atoms with Crippen molar-refractivity contribution in [3.63, 3.8) is 0 Å². The first-order valence-electron chi connectivity index (χ1n) is 6.64. The third kappa shape index (κ3) is 2.32. The van der Waals surface area contributed by atoms with Crippen LogP contribution in [0.3, 0.4) is 0 Å². The number of aliphatic hydroxyl groups excluding tert-OH is 1. The molecule has 3 rings (SSSR count). The lowest BCUT2D eigenvalue weighted by atomic mass is 10.0. The Labute approximate surface area is 130 Å². The van der Waals surface area contributed by atoms with Crippen molar-refractivity contribution in [2.45, 2.75) is 6.10 Å². The molecule has 1 heterocycles. The molecular weight excluding hydrogens is 304 g/mol. The quantitative estimate of drug-likeness (QED) is 0.426. The van der Waals surface area contributed by atoms with E-state index >= 15 is 0 Å². The molecule has 7 heteroatoms. The van der Waals surface area contributed by atoms with Gasteiger partial charge in [0.25, 0.3) is 0 Å². The lowest BCUT2D eigenvalue weighted by molar-refractivity contribution is 0.167. The second-order valence-corrected chi connectivity index (χ2v) is 5.00. The molecule has 1 aliphatic heterocycles. The van der Waals surface area contributed by atoms with Gasteiger partial charge in [-0.3, -0.25) is 0 Å². The second-order valence-electron chi connectivity index (χ2n) is 5.00. The maximum absolute atomic E-state index is 10.2. The van der Waals surface area contributed by atoms with E-state index in [1.165, 1.54) is 31.4 Å². The van der Waals surface area contributed by atoms with Crippen molar-refractivity contribution in [2.24, 2.45) is 0 Å².